The molecule has 0 saturated carbocycles. The second kappa shape index (κ2) is 17.2. The lowest BCUT2D eigenvalue weighted by Gasteiger charge is -2.26. The van der Waals surface area contributed by atoms with Crippen molar-refractivity contribution in [3.63, 3.8) is 0 Å². The van der Waals surface area contributed by atoms with Gasteiger partial charge in [0.15, 0.2) is 5.82 Å². The molecule has 1 aromatic heterocycles. The highest BCUT2D eigenvalue weighted by Crippen LogP contribution is 2.22. The number of fused-ring (bicyclic) bond motifs is 1. The van der Waals surface area contributed by atoms with E-state index in [-0.39, 0.29) is 74.3 Å². The minimum absolute atomic E-state index is 0.0225. The van der Waals surface area contributed by atoms with Crippen molar-refractivity contribution in [3.05, 3.63) is 71.8 Å². The number of anilines is 1. The van der Waals surface area contributed by atoms with Gasteiger partial charge >= 0.3 is 10.2 Å². The fourth-order valence-electron chi connectivity index (χ4n) is 5.45. The fourth-order valence-corrected chi connectivity index (χ4v) is 7.59. The molecule has 18 heteroatoms. The minimum atomic E-state index is -4.10. The number of hydrogen-bond donors (Lipinski definition) is 4. The van der Waals surface area contributed by atoms with Crippen LogP contribution in [-0.2, 0) is 47.6 Å². The highest BCUT2D eigenvalue weighted by molar-refractivity contribution is 7.90. The molecule has 3 amide bonds. The van der Waals surface area contributed by atoms with Gasteiger partial charge in [0.1, 0.15) is 18.4 Å². The van der Waals surface area contributed by atoms with Crippen LogP contribution >= 0.6 is 0 Å². The summed E-state index contributed by atoms with van der Waals surface area (Å²) in [5.41, 5.74) is 1.01. The van der Waals surface area contributed by atoms with Crippen molar-refractivity contribution >= 4 is 43.6 Å². The van der Waals surface area contributed by atoms with Crippen molar-refractivity contribution in [1.29, 1.82) is 0 Å². The Morgan fingerprint density at radius 2 is 1.59 bits per heavy atom. The van der Waals surface area contributed by atoms with Crippen LogP contribution in [0, 0.1) is 12.8 Å². The zero-order valence-corrected chi connectivity index (χ0v) is 31.1. The molecule has 0 spiro atoms. The maximum Gasteiger partial charge on any atom is 0.301 e. The number of aryl methyl sites for hydroxylation is 1. The van der Waals surface area contributed by atoms with Gasteiger partial charge in [0.05, 0.1) is 10.9 Å². The molecule has 278 valence electrons. The second-order valence-electron chi connectivity index (χ2n) is 12.8. The van der Waals surface area contributed by atoms with Gasteiger partial charge in [-0.05, 0) is 55.5 Å². The Bertz CT molecular complexity index is 1880. The third-order valence-corrected chi connectivity index (χ3v) is 11.6. The van der Waals surface area contributed by atoms with E-state index in [1.807, 2.05) is 44.2 Å². The van der Waals surface area contributed by atoms with Gasteiger partial charge in [-0.3, -0.25) is 19.1 Å². The van der Waals surface area contributed by atoms with Crippen LogP contribution < -0.4 is 20.7 Å². The average molecular weight is 746 g/mol. The van der Waals surface area contributed by atoms with Crippen LogP contribution in [0.2, 0.25) is 0 Å². The highest BCUT2D eigenvalue weighted by atomic mass is 32.2. The molecule has 0 radical (unpaired) electrons. The summed E-state index contributed by atoms with van der Waals surface area (Å²) in [5, 5.41) is 13.1. The van der Waals surface area contributed by atoms with E-state index in [9.17, 15) is 31.2 Å². The van der Waals surface area contributed by atoms with E-state index in [4.69, 9.17) is 0 Å². The quantitative estimate of drug-likeness (QED) is 0.262. The van der Waals surface area contributed by atoms with E-state index in [0.29, 0.717) is 11.6 Å². The van der Waals surface area contributed by atoms with Gasteiger partial charge in [-0.2, -0.15) is 22.1 Å². The molecule has 0 aliphatic carbocycles. The van der Waals surface area contributed by atoms with Crippen molar-refractivity contribution in [2.45, 2.75) is 70.0 Å². The molecular formula is C33H47N9O7S2. The number of aromatic nitrogens is 3. The number of amides is 3. The lowest BCUT2D eigenvalue weighted by Crippen LogP contribution is -2.50. The summed E-state index contributed by atoms with van der Waals surface area (Å²) in [6, 6.07) is 13.0. The Hall–Kier alpha value is -4.39. The molecule has 2 aromatic carbocycles. The molecule has 3 aromatic rings. The van der Waals surface area contributed by atoms with E-state index in [2.05, 4.69) is 30.8 Å². The molecule has 0 unspecified atom stereocenters. The Morgan fingerprint density at radius 3 is 2.24 bits per heavy atom. The molecule has 51 heavy (non-hydrogen) atoms. The van der Waals surface area contributed by atoms with Gasteiger partial charge in [-0.1, -0.05) is 44.2 Å². The van der Waals surface area contributed by atoms with E-state index in [0.717, 1.165) is 9.87 Å². The first-order valence-corrected chi connectivity index (χ1v) is 19.6. The largest absolute Gasteiger partial charge is 0.354 e. The van der Waals surface area contributed by atoms with Crippen LogP contribution in [0.4, 0.5) is 5.69 Å². The van der Waals surface area contributed by atoms with Crippen LogP contribution in [0.1, 0.15) is 56.4 Å². The number of sulfonamides is 1. The highest BCUT2D eigenvalue weighted by Gasteiger charge is 2.30. The smallest absolute Gasteiger partial charge is 0.301 e. The number of hydrogen-bond acceptors (Lipinski definition) is 9. The summed E-state index contributed by atoms with van der Waals surface area (Å²) in [5.74, 6) is -0.546. The monoisotopic (exact) mass is 745 g/mol. The maximum atomic E-state index is 13.8. The predicted molar refractivity (Wildman–Crippen MR) is 191 cm³/mol. The molecule has 2 heterocycles. The molecule has 1 aliphatic rings. The van der Waals surface area contributed by atoms with Crippen LogP contribution in [0.3, 0.4) is 0 Å². The summed E-state index contributed by atoms with van der Waals surface area (Å²) in [6.45, 7) is 5.51. The van der Waals surface area contributed by atoms with Crippen LogP contribution in [0.5, 0.6) is 0 Å². The summed E-state index contributed by atoms with van der Waals surface area (Å²) < 4.78 is 58.1. The molecule has 0 fully saturated rings. The molecule has 1 aliphatic heterocycles. The van der Waals surface area contributed by atoms with Crippen molar-refractivity contribution in [2.75, 3.05) is 38.5 Å². The van der Waals surface area contributed by atoms with Gasteiger partial charge in [-0.25, -0.2) is 18.1 Å². The second-order valence-corrected chi connectivity index (χ2v) is 16.7. The molecule has 2 atom stereocenters. The number of benzene rings is 2. The van der Waals surface area contributed by atoms with Gasteiger partial charge in [-0.15, -0.1) is 0 Å². The van der Waals surface area contributed by atoms with Crippen LogP contribution in [0.15, 0.2) is 59.5 Å². The van der Waals surface area contributed by atoms with Crippen LogP contribution in [0.25, 0.3) is 0 Å². The number of rotatable bonds is 8. The van der Waals surface area contributed by atoms with Gasteiger partial charge in [0.25, 0.3) is 0 Å². The van der Waals surface area contributed by atoms with Crippen molar-refractivity contribution < 1.29 is 31.2 Å². The lowest BCUT2D eigenvalue weighted by atomic mass is 10.0. The molecular weight excluding hydrogens is 699 g/mol. The minimum Gasteiger partial charge on any atom is -0.354 e. The van der Waals surface area contributed by atoms with E-state index in [1.165, 1.54) is 47.3 Å². The topological polar surface area (TPSA) is 205 Å². The standard InChI is InChI=1S/C33H47N9O7S2/c1-23(2)31-32-35-24(3)38-42(32)22-30(44)34-18-10-20-41(50(46,47)27-16-14-26(15-17-27)39-51(48,49)40(4)5)19-9-13-29(43)36-28(33(45)37-31)21-25-11-7-6-8-12-25/h6-8,11-12,14-17,23,28,31,39H,9-10,13,18-22H2,1-5H3,(H,34,44)(H,36,43)(H,37,45)/t28-,31+/m1/s1. The molecule has 4 N–H and O–H groups in total. The summed E-state index contributed by atoms with van der Waals surface area (Å²) in [4.78, 5) is 44.6. The maximum absolute atomic E-state index is 13.8. The summed E-state index contributed by atoms with van der Waals surface area (Å²) in [7, 11) is -5.16. The summed E-state index contributed by atoms with van der Waals surface area (Å²) >= 11 is 0. The molecule has 4 rings (SSSR count). The lowest BCUT2D eigenvalue weighted by molar-refractivity contribution is -0.129. The number of nitrogens with one attached hydrogen (secondary N) is 4. The third-order valence-electron chi connectivity index (χ3n) is 8.21. The molecule has 0 bridgehead atoms. The predicted octanol–water partition coefficient (Wildman–Crippen LogP) is 1.34. The van der Waals surface area contributed by atoms with Crippen molar-refractivity contribution in [1.82, 2.24) is 39.3 Å². The number of nitrogens with zero attached hydrogens (tertiary/aromatic N) is 5. The summed E-state index contributed by atoms with van der Waals surface area (Å²) in [6.07, 6.45) is 0.562. The first-order valence-electron chi connectivity index (χ1n) is 16.7. The van der Waals surface area contributed by atoms with Crippen molar-refractivity contribution in [2.24, 2.45) is 5.92 Å². The van der Waals surface area contributed by atoms with Gasteiger partial charge in [0.2, 0.25) is 27.7 Å². The normalized spacial score (nSPS) is 19.4. The Labute approximate surface area is 299 Å². The van der Waals surface area contributed by atoms with E-state index >= 15 is 0 Å². The number of carbonyl (C=O) groups excluding carboxylic acids is 3. The Morgan fingerprint density at radius 1 is 0.922 bits per heavy atom. The zero-order chi connectivity index (χ0) is 37.3. The van der Waals surface area contributed by atoms with Gasteiger partial charge in [0, 0.05) is 52.3 Å². The molecule has 0 saturated heterocycles. The Balaban J connectivity index is 1.60. The van der Waals surface area contributed by atoms with E-state index < -0.39 is 44.1 Å². The van der Waals surface area contributed by atoms with Crippen molar-refractivity contribution in [3.8, 4) is 0 Å². The van der Waals surface area contributed by atoms with Crippen LogP contribution in [-0.4, -0.2) is 97.7 Å². The first-order chi connectivity index (χ1) is 24.1. The SMILES string of the molecule is Cc1nc2n(n1)CC(=O)NCCCN(S(=O)(=O)c1ccc(NS(=O)(=O)N(C)C)cc1)CCCC(=O)N[C@H](Cc1ccccc1)C(=O)N[C@H]2C(C)C. The average Bonchev–Trinajstić information content (AvgIpc) is 3.42. The van der Waals surface area contributed by atoms with Gasteiger partial charge < -0.3 is 16.0 Å². The molecule has 16 nitrogen and oxygen atoms in total. The third kappa shape index (κ3) is 10.8. The number of carbonyl (C=O) groups is 3. The first kappa shape index (κ1) is 39.4. The zero-order valence-electron chi connectivity index (χ0n) is 29.5. The van der Waals surface area contributed by atoms with E-state index in [1.54, 1.807) is 6.92 Å². The fraction of sp³-hybridized carbons (Fsp3) is 0.485. The Kier molecular flexibility index (Phi) is 13.3.